The number of thioether (sulfide) groups is 1. The first kappa shape index (κ1) is 23.5. The third-order valence-electron chi connectivity index (χ3n) is 3.88. The monoisotopic (exact) mass is 464 g/mol. The molecule has 1 rings (SSSR count). The van der Waals surface area contributed by atoms with E-state index in [0.717, 1.165) is 25.6 Å². The summed E-state index contributed by atoms with van der Waals surface area (Å²) >= 11 is 1.91. The van der Waals surface area contributed by atoms with Crippen molar-refractivity contribution in [3.8, 4) is 0 Å². The van der Waals surface area contributed by atoms with Crippen molar-refractivity contribution >= 4 is 41.7 Å². The Hall–Kier alpha value is -0.470. The first-order valence-corrected chi connectivity index (χ1v) is 9.74. The lowest BCUT2D eigenvalue weighted by Gasteiger charge is -2.25. The Bertz CT molecular complexity index is 442. The highest BCUT2D eigenvalue weighted by molar-refractivity contribution is 14.0. The Kier molecular flexibility index (Phi) is 14.5. The minimum atomic E-state index is 0. The molecule has 24 heavy (non-hydrogen) atoms. The largest absolute Gasteiger partial charge is 0.356 e. The zero-order valence-electron chi connectivity index (χ0n) is 15.4. The summed E-state index contributed by atoms with van der Waals surface area (Å²) in [5.74, 6) is 2.13. The number of aliphatic imine (C=N–C) groups is 1. The SMILES string of the molecule is CN=C(NCCCCSC)NCC(C)N(C)Cc1ccccc1.I. The van der Waals surface area contributed by atoms with Gasteiger partial charge in [0.05, 0.1) is 0 Å². The summed E-state index contributed by atoms with van der Waals surface area (Å²) in [5, 5.41) is 6.80. The summed E-state index contributed by atoms with van der Waals surface area (Å²) < 4.78 is 0. The van der Waals surface area contributed by atoms with E-state index in [4.69, 9.17) is 0 Å². The fourth-order valence-corrected chi connectivity index (χ4v) is 2.72. The van der Waals surface area contributed by atoms with E-state index in [-0.39, 0.29) is 24.0 Å². The van der Waals surface area contributed by atoms with Gasteiger partial charge < -0.3 is 10.6 Å². The van der Waals surface area contributed by atoms with Gasteiger partial charge in [-0.15, -0.1) is 24.0 Å². The van der Waals surface area contributed by atoms with Crippen LogP contribution in [0.3, 0.4) is 0 Å². The summed E-state index contributed by atoms with van der Waals surface area (Å²) in [6.07, 6.45) is 4.59. The van der Waals surface area contributed by atoms with Gasteiger partial charge in [-0.3, -0.25) is 9.89 Å². The molecule has 0 aliphatic carbocycles. The first-order valence-electron chi connectivity index (χ1n) is 8.35. The lowest BCUT2D eigenvalue weighted by atomic mass is 10.2. The number of halogens is 1. The Morgan fingerprint density at radius 1 is 1.21 bits per heavy atom. The van der Waals surface area contributed by atoms with Crippen LogP contribution in [0.2, 0.25) is 0 Å². The van der Waals surface area contributed by atoms with E-state index in [1.54, 1.807) is 0 Å². The fraction of sp³-hybridized carbons (Fsp3) is 0.611. The standard InChI is InChI=1S/C18H32N4S.HI/c1-16(22(3)15-17-10-6-5-7-11-17)14-21-18(19-2)20-12-8-9-13-23-4;/h5-7,10-11,16H,8-9,12-15H2,1-4H3,(H2,19,20,21);1H. The summed E-state index contributed by atoms with van der Waals surface area (Å²) in [6.45, 7) is 5.06. The van der Waals surface area contributed by atoms with Gasteiger partial charge in [0.15, 0.2) is 5.96 Å². The number of unbranched alkanes of at least 4 members (excludes halogenated alkanes) is 1. The topological polar surface area (TPSA) is 39.7 Å². The van der Waals surface area contributed by atoms with Crippen LogP contribution in [0.15, 0.2) is 35.3 Å². The van der Waals surface area contributed by atoms with Crippen molar-refractivity contribution in [3.05, 3.63) is 35.9 Å². The van der Waals surface area contributed by atoms with Gasteiger partial charge in [0, 0.05) is 32.7 Å². The molecule has 1 aromatic rings. The molecule has 1 atom stereocenters. The Morgan fingerprint density at radius 3 is 2.54 bits per heavy atom. The van der Waals surface area contributed by atoms with Crippen LogP contribution in [0.25, 0.3) is 0 Å². The van der Waals surface area contributed by atoms with Crippen molar-refractivity contribution in [2.24, 2.45) is 4.99 Å². The fourth-order valence-electron chi connectivity index (χ4n) is 2.23. The van der Waals surface area contributed by atoms with E-state index in [0.29, 0.717) is 6.04 Å². The predicted molar refractivity (Wildman–Crippen MR) is 120 cm³/mol. The first-order chi connectivity index (χ1) is 11.2. The molecule has 0 amide bonds. The van der Waals surface area contributed by atoms with Crippen LogP contribution in [0.1, 0.15) is 25.3 Å². The van der Waals surface area contributed by atoms with Gasteiger partial charge in [-0.1, -0.05) is 30.3 Å². The van der Waals surface area contributed by atoms with E-state index >= 15 is 0 Å². The third kappa shape index (κ3) is 10.4. The number of guanidine groups is 1. The van der Waals surface area contributed by atoms with Crippen LogP contribution in [-0.4, -0.2) is 56.1 Å². The zero-order chi connectivity index (χ0) is 16.9. The average Bonchev–Trinajstić information content (AvgIpc) is 2.58. The Balaban J connectivity index is 0.00000529. The molecular formula is C18H33IN4S. The zero-order valence-corrected chi connectivity index (χ0v) is 18.6. The second kappa shape index (κ2) is 14.8. The lowest BCUT2D eigenvalue weighted by molar-refractivity contribution is 0.249. The maximum Gasteiger partial charge on any atom is 0.191 e. The second-order valence-corrected chi connectivity index (χ2v) is 6.82. The van der Waals surface area contributed by atoms with Crippen molar-refractivity contribution in [2.45, 2.75) is 32.4 Å². The number of hydrogen-bond acceptors (Lipinski definition) is 3. The van der Waals surface area contributed by atoms with Crippen molar-refractivity contribution in [2.75, 3.05) is 39.2 Å². The van der Waals surface area contributed by atoms with Gasteiger partial charge in [-0.05, 0) is 44.4 Å². The molecule has 0 aliphatic heterocycles. The summed E-state index contributed by atoms with van der Waals surface area (Å²) in [5.41, 5.74) is 1.35. The van der Waals surface area contributed by atoms with Gasteiger partial charge in [0.25, 0.3) is 0 Å². The molecule has 0 fully saturated rings. The highest BCUT2D eigenvalue weighted by atomic mass is 127. The smallest absolute Gasteiger partial charge is 0.191 e. The van der Waals surface area contributed by atoms with Gasteiger partial charge >= 0.3 is 0 Å². The van der Waals surface area contributed by atoms with Crippen LogP contribution < -0.4 is 10.6 Å². The highest BCUT2D eigenvalue weighted by Crippen LogP contribution is 2.05. The van der Waals surface area contributed by atoms with E-state index < -0.39 is 0 Å². The van der Waals surface area contributed by atoms with Crippen LogP contribution in [-0.2, 0) is 6.54 Å². The van der Waals surface area contributed by atoms with Gasteiger partial charge in [-0.25, -0.2) is 0 Å². The quantitative estimate of drug-likeness (QED) is 0.241. The predicted octanol–water partition coefficient (Wildman–Crippen LogP) is 3.43. The molecule has 1 unspecified atom stereocenters. The van der Waals surface area contributed by atoms with Crippen molar-refractivity contribution < 1.29 is 0 Å². The van der Waals surface area contributed by atoms with E-state index in [2.05, 4.69) is 71.1 Å². The molecule has 6 heteroatoms. The van der Waals surface area contributed by atoms with E-state index in [9.17, 15) is 0 Å². The van der Waals surface area contributed by atoms with Crippen molar-refractivity contribution in [3.63, 3.8) is 0 Å². The van der Waals surface area contributed by atoms with Crippen LogP contribution in [0.4, 0.5) is 0 Å². The number of rotatable bonds is 10. The number of benzene rings is 1. The minimum absolute atomic E-state index is 0. The molecule has 0 aromatic heterocycles. The molecule has 2 N–H and O–H groups in total. The maximum absolute atomic E-state index is 4.29. The Morgan fingerprint density at radius 2 is 1.92 bits per heavy atom. The van der Waals surface area contributed by atoms with E-state index in [1.165, 1.54) is 24.2 Å². The number of nitrogens with zero attached hydrogens (tertiary/aromatic N) is 2. The minimum Gasteiger partial charge on any atom is -0.356 e. The van der Waals surface area contributed by atoms with E-state index in [1.807, 2.05) is 18.8 Å². The lowest BCUT2D eigenvalue weighted by Crippen LogP contribution is -2.44. The van der Waals surface area contributed by atoms with Crippen LogP contribution >= 0.6 is 35.7 Å². The molecule has 0 saturated heterocycles. The van der Waals surface area contributed by atoms with Gasteiger partial charge in [-0.2, -0.15) is 11.8 Å². The summed E-state index contributed by atoms with van der Waals surface area (Å²) in [7, 11) is 3.99. The normalized spacial score (nSPS) is 12.6. The summed E-state index contributed by atoms with van der Waals surface area (Å²) in [4.78, 5) is 6.65. The van der Waals surface area contributed by atoms with Crippen molar-refractivity contribution in [1.29, 1.82) is 0 Å². The van der Waals surface area contributed by atoms with Crippen LogP contribution in [0, 0.1) is 0 Å². The Labute approximate surface area is 169 Å². The third-order valence-corrected chi connectivity index (χ3v) is 4.58. The molecule has 0 heterocycles. The van der Waals surface area contributed by atoms with Crippen LogP contribution in [0.5, 0.6) is 0 Å². The molecule has 0 aliphatic rings. The van der Waals surface area contributed by atoms with Gasteiger partial charge in [0.2, 0.25) is 0 Å². The number of nitrogens with one attached hydrogen (secondary N) is 2. The van der Waals surface area contributed by atoms with Crippen molar-refractivity contribution in [1.82, 2.24) is 15.5 Å². The molecule has 4 nitrogen and oxygen atoms in total. The molecule has 0 spiro atoms. The number of likely N-dealkylation sites (N-methyl/N-ethyl adjacent to an activating group) is 1. The molecule has 1 aromatic carbocycles. The highest BCUT2D eigenvalue weighted by Gasteiger charge is 2.10. The number of hydrogen-bond donors (Lipinski definition) is 2. The molecule has 0 radical (unpaired) electrons. The second-order valence-electron chi connectivity index (χ2n) is 5.83. The molecule has 0 bridgehead atoms. The molecular weight excluding hydrogens is 431 g/mol. The maximum atomic E-state index is 4.29. The average molecular weight is 464 g/mol. The summed E-state index contributed by atoms with van der Waals surface area (Å²) in [6, 6.07) is 11.0. The molecule has 138 valence electrons. The van der Waals surface area contributed by atoms with Gasteiger partial charge in [0.1, 0.15) is 0 Å². The molecule has 0 saturated carbocycles.